The van der Waals surface area contributed by atoms with Crippen LogP contribution in [0.15, 0.2) is 81.9 Å². The molecule has 0 unspecified atom stereocenters. The summed E-state index contributed by atoms with van der Waals surface area (Å²) in [6, 6.07) is 16.0. The van der Waals surface area contributed by atoms with E-state index in [-0.39, 0.29) is 22.6 Å². The zero-order valence-corrected chi connectivity index (χ0v) is 22.9. The minimum atomic E-state index is -3.69. The molecular formula is C29H22FN5O5S. The van der Waals surface area contributed by atoms with E-state index in [0.717, 1.165) is 10.6 Å². The molecular weight excluding hydrogens is 549 g/mol. The number of oxazole rings is 1. The van der Waals surface area contributed by atoms with Crippen LogP contribution in [0.5, 0.6) is 0 Å². The van der Waals surface area contributed by atoms with Crippen molar-refractivity contribution in [2.24, 2.45) is 0 Å². The van der Waals surface area contributed by atoms with Crippen LogP contribution < -0.4 is 9.62 Å². The molecule has 0 aliphatic carbocycles. The number of hydrogen-bond donors (Lipinski definition) is 1. The highest BCUT2D eigenvalue weighted by Gasteiger charge is 2.26. The van der Waals surface area contributed by atoms with Gasteiger partial charge in [0, 0.05) is 54.6 Å². The van der Waals surface area contributed by atoms with E-state index in [2.05, 4.69) is 20.3 Å². The zero-order chi connectivity index (χ0) is 28.9. The molecule has 0 spiro atoms. The maximum Gasteiger partial charge on any atom is 0.266 e. The Balaban J connectivity index is 1.61. The van der Waals surface area contributed by atoms with Crippen molar-refractivity contribution in [3.63, 3.8) is 0 Å². The second-order valence-corrected chi connectivity index (χ2v) is 11.3. The number of carbonyl (C=O) groups excluding carboxylic acids is 1. The molecule has 12 heteroatoms. The predicted octanol–water partition coefficient (Wildman–Crippen LogP) is 5.26. The molecule has 0 fully saturated rings. The van der Waals surface area contributed by atoms with Crippen molar-refractivity contribution in [2.75, 3.05) is 24.7 Å². The van der Waals surface area contributed by atoms with Crippen LogP contribution in [0, 0.1) is 5.82 Å². The smallest absolute Gasteiger partial charge is 0.266 e. The third-order valence-electron chi connectivity index (χ3n) is 6.67. The van der Waals surface area contributed by atoms with E-state index in [0.29, 0.717) is 44.9 Å². The van der Waals surface area contributed by atoms with Gasteiger partial charge in [-0.25, -0.2) is 22.8 Å². The number of hydrogen-bond acceptors (Lipinski definition) is 8. The number of halogens is 1. The molecule has 10 nitrogen and oxygen atoms in total. The number of nitrogens with one attached hydrogen (secondary N) is 1. The number of sulfonamides is 1. The van der Waals surface area contributed by atoms with Gasteiger partial charge >= 0.3 is 0 Å². The summed E-state index contributed by atoms with van der Waals surface area (Å²) < 4.78 is 52.1. The normalized spacial score (nSPS) is 11.7. The van der Waals surface area contributed by atoms with Crippen LogP contribution in [-0.4, -0.2) is 49.6 Å². The highest BCUT2D eigenvalue weighted by Crippen LogP contribution is 2.42. The van der Waals surface area contributed by atoms with E-state index in [1.165, 1.54) is 50.8 Å². The topological polar surface area (TPSA) is 131 Å². The molecule has 1 amide bonds. The number of rotatable bonds is 6. The van der Waals surface area contributed by atoms with Crippen molar-refractivity contribution in [3.05, 3.63) is 84.4 Å². The highest BCUT2D eigenvalue weighted by molar-refractivity contribution is 7.92. The Morgan fingerprint density at radius 2 is 1.68 bits per heavy atom. The second kappa shape index (κ2) is 9.82. The molecule has 1 N–H and O–H groups in total. The molecule has 3 aromatic carbocycles. The molecule has 3 heterocycles. The van der Waals surface area contributed by atoms with Crippen molar-refractivity contribution in [1.29, 1.82) is 0 Å². The Morgan fingerprint density at radius 3 is 2.39 bits per heavy atom. The SMILES string of the molecule is CNC(=O)c1c(-c2ccc(F)cc2)oc2cc(N(C)S(C)(=O)=O)c(-c3cccc(-c4nc5nccnc5o4)c3)cc12. The average molecular weight is 572 g/mol. The first-order chi connectivity index (χ1) is 19.6. The van der Waals surface area contributed by atoms with Gasteiger partial charge in [-0.1, -0.05) is 12.1 Å². The van der Waals surface area contributed by atoms with Crippen molar-refractivity contribution >= 4 is 43.9 Å². The van der Waals surface area contributed by atoms with E-state index < -0.39 is 21.7 Å². The minimum Gasteiger partial charge on any atom is -0.455 e. The van der Waals surface area contributed by atoms with Gasteiger partial charge in [-0.2, -0.15) is 4.98 Å². The number of nitrogens with zero attached hydrogens (tertiary/aromatic N) is 4. The summed E-state index contributed by atoms with van der Waals surface area (Å²) in [5.74, 6) is -0.334. The molecule has 3 aromatic heterocycles. The number of carbonyl (C=O) groups is 1. The first kappa shape index (κ1) is 26.1. The monoisotopic (exact) mass is 571 g/mol. The summed E-state index contributed by atoms with van der Waals surface area (Å²) in [4.78, 5) is 25.8. The van der Waals surface area contributed by atoms with Gasteiger partial charge in [0.05, 0.1) is 17.5 Å². The summed E-state index contributed by atoms with van der Waals surface area (Å²) in [6.07, 6.45) is 4.12. The molecule has 6 aromatic rings. The second-order valence-electron chi connectivity index (χ2n) is 9.27. The Bertz CT molecular complexity index is 2040. The number of benzene rings is 3. The summed E-state index contributed by atoms with van der Waals surface area (Å²) in [5, 5.41) is 3.08. The van der Waals surface area contributed by atoms with E-state index in [4.69, 9.17) is 8.83 Å². The first-order valence-electron chi connectivity index (χ1n) is 12.3. The van der Waals surface area contributed by atoms with Gasteiger partial charge in [0.25, 0.3) is 11.6 Å². The van der Waals surface area contributed by atoms with Crippen LogP contribution in [0.4, 0.5) is 10.1 Å². The summed E-state index contributed by atoms with van der Waals surface area (Å²) in [7, 11) is -0.761. The lowest BCUT2D eigenvalue weighted by atomic mass is 9.97. The molecule has 0 aliphatic heterocycles. The van der Waals surface area contributed by atoms with E-state index in [9.17, 15) is 17.6 Å². The van der Waals surface area contributed by atoms with Crippen molar-refractivity contribution in [1.82, 2.24) is 20.3 Å². The van der Waals surface area contributed by atoms with E-state index in [1.54, 1.807) is 30.3 Å². The Hall–Kier alpha value is -5.10. The summed E-state index contributed by atoms with van der Waals surface area (Å²) in [6.45, 7) is 0. The van der Waals surface area contributed by atoms with Crippen LogP contribution in [0.3, 0.4) is 0 Å². The lowest BCUT2D eigenvalue weighted by Gasteiger charge is -2.21. The fourth-order valence-electron chi connectivity index (χ4n) is 4.58. The number of furan rings is 1. The third kappa shape index (κ3) is 4.67. The van der Waals surface area contributed by atoms with E-state index in [1.807, 2.05) is 6.07 Å². The number of amides is 1. The predicted molar refractivity (Wildman–Crippen MR) is 152 cm³/mol. The molecule has 6 rings (SSSR count). The Labute approximate surface area is 233 Å². The van der Waals surface area contributed by atoms with Gasteiger partial charge in [-0.05, 0) is 48.0 Å². The average Bonchev–Trinajstić information content (AvgIpc) is 3.57. The number of anilines is 1. The summed E-state index contributed by atoms with van der Waals surface area (Å²) >= 11 is 0. The maximum atomic E-state index is 13.7. The molecule has 0 radical (unpaired) electrons. The van der Waals surface area contributed by atoms with Gasteiger partial charge in [0.1, 0.15) is 17.2 Å². The molecule has 0 bridgehead atoms. The fraction of sp³-hybridized carbons (Fsp3) is 0.103. The van der Waals surface area contributed by atoms with Crippen LogP contribution in [0.1, 0.15) is 10.4 Å². The fourth-order valence-corrected chi connectivity index (χ4v) is 5.09. The molecule has 41 heavy (non-hydrogen) atoms. The summed E-state index contributed by atoms with van der Waals surface area (Å²) in [5.41, 5.74) is 3.72. The Kier molecular flexibility index (Phi) is 6.26. The number of aromatic nitrogens is 3. The van der Waals surface area contributed by atoms with Gasteiger partial charge in [0.2, 0.25) is 21.6 Å². The Morgan fingerprint density at radius 1 is 0.951 bits per heavy atom. The van der Waals surface area contributed by atoms with Crippen molar-refractivity contribution in [2.45, 2.75) is 0 Å². The maximum absolute atomic E-state index is 13.7. The van der Waals surface area contributed by atoms with Gasteiger partial charge < -0.3 is 14.2 Å². The van der Waals surface area contributed by atoms with Crippen LogP contribution >= 0.6 is 0 Å². The standard InChI is InChI=1S/C29H22FN5O5S/c1-31-27(36)24-21-14-20(17-5-4-6-18(13-17)28-34-26-29(40-28)33-12-11-32-26)22(35(2)41(3,37)38)15-23(21)39-25(24)16-7-9-19(30)10-8-16/h4-15H,1-3H3,(H,31,36). The minimum absolute atomic E-state index is 0.227. The van der Waals surface area contributed by atoms with E-state index >= 15 is 0 Å². The third-order valence-corrected chi connectivity index (χ3v) is 7.86. The first-order valence-corrected chi connectivity index (χ1v) is 14.2. The van der Waals surface area contributed by atoms with Crippen molar-refractivity contribution < 1.29 is 26.4 Å². The molecule has 0 saturated heterocycles. The lowest BCUT2D eigenvalue weighted by molar-refractivity contribution is 0.0964. The quantitative estimate of drug-likeness (QED) is 0.286. The largest absolute Gasteiger partial charge is 0.455 e. The highest BCUT2D eigenvalue weighted by atomic mass is 32.2. The number of fused-ring (bicyclic) bond motifs is 2. The van der Waals surface area contributed by atoms with Gasteiger partial charge in [-0.3, -0.25) is 9.10 Å². The van der Waals surface area contributed by atoms with Crippen LogP contribution in [0.25, 0.3) is 56.2 Å². The lowest BCUT2D eigenvalue weighted by Crippen LogP contribution is -2.25. The molecule has 206 valence electrons. The molecule has 0 saturated carbocycles. The van der Waals surface area contributed by atoms with Crippen molar-refractivity contribution in [3.8, 4) is 33.9 Å². The molecule has 0 aliphatic rings. The van der Waals surface area contributed by atoms with Gasteiger partial charge in [0.15, 0.2) is 0 Å². The zero-order valence-electron chi connectivity index (χ0n) is 22.0. The van der Waals surface area contributed by atoms with Gasteiger partial charge in [-0.15, -0.1) is 0 Å². The molecule has 0 atom stereocenters. The van der Waals surface area contributed by atoms with Crippen LogP contribution in [0.2, 0.25) is 0 Å². The van der Waals surface area contributed by atoms with Crippen LogP contribution in [-0.2, 0) is 10.0 Å².